The molecule has 72 valence electrons. The zero-order chi connectivity index (χ0) is 10.1. The van der Waals surface area contributed by atoms with Crippen LogP contribution in [0, 0.1) is 6.92 Å². The van der Waals surface area contributed by atoms with E-state index in [0.717, 1.165) is 0 Å². The molecule has 8 heteroatoms. The summed E-state index contributed by atoms with van der Waals surface area (Å²) in [5.41, 5.74) is 0. The van der Waals surface area contributed by atoms with Crippen molar-refractivity contribution in [2.24, 2.45) is 0 Å². The summed E-state index contributed by atoms with van der Waals surface area (Å²) in [7, 11) is 0. The van der Waals surface area contributed by atoms with Gasteiger partial charge in [0.25, 0.3) is 0 Å². The average molecular weight is 256 g/mol. The van der Waals surface area contributed by atoms with Crippen molar-refractivity contribution >= 4 is 27.9 Å². The number of carbonyl (C=O) groups is 1. The fraction of sp³-hybridized carbons (Fsp3) is 0.400. The SMILES string of the molecule is Cc1noc(NC(=O)C(F)(F)Br)n1. The van der Waals surface area contributed by atoms with Gasteiger partial charge in [-0.1, -0.05) is 5.16 Å². The third-order valence-electron chi connectivity index (χ3n) is 1.01. The first-order chi connectivity index (χ1) is 5.89. The van der Waals surface area contributed by atoms with Crippen LogP contribution in [0.15, 0.2) is 4.52 Å². The smallest absolute Gasteiger partial charge is 0.315 e. The fourth-order valence-corrected chi connectivity index (χ4v) is 0.615. The van der Waals surface area contributed by atoms with Crippen molar-refractivity contribution in [2.75, 3.05) is 5.32 Å². The monoisotopic (exact) mass is 255 g/mol. The molecule has 0 aromatic carbocycles. The topological polar surface area (TPSA) is 68.0 Å². The zero-order valence-corrected chi connectivity index (χ0v) is 7.93. The van der Waals surface area contributed by atoms with Crippen molar-refractivity contribution in [3.05, 3.63) is 5.82 Å². The average Bonchev–Trinajstić information content (AvgIpc) is 2.33. The number of nitrogens with one attached hydrogen (secondary N) is 1. The number of aryl methyl sites for hydroxylation is 1. The van der Waals surface area contributed by atoms with E-state index in [4.69, 9.17) is 0 Å². The quantitative estimate of drug-likeness (QED) is 0.810. The van der Waals surface area contributed by atoms with Crippen molar-refractivity contribution < 1.29 is 18.1 Å². The number of aromatic nitrogens is 2. The molecular weight excluding hydrogens is 252 g/mol. The number of anilines is 1. The Hall–Kier alpha value is -1.05. The number of halogens is 3. The molecule has 0 aliphatic rings. The van der Waals surface area contributed by atoms with Crippen molar-refractivity contribution in [3.63, 3.8) is 0 Å². The highest BCUT2D eigenvalue weighted by Gasteiger charge is 2.35. The van der Waals surface area contributed by atoms with Gasteiger partial charge >= 0.3 is 16.8 Å². The van der Waals surface area contributed by atoms with E-state index in [1.165, 1.54) is 6.92 Å². The van der Waals surface area contributed by atoms with Gasteiger partial charge in [0.2, 0.25) is 0 Å². The summed E-state index contributed by atoms with van der Waals surface area (Å²) in [6, 6.07) is -0.360. The first-order valence-corrected chi connectivity index (χ1v) is 3.87. The number of hydrogen-bond acceptors (Lipinski definition) is 4. The molecule has 1 N–H and O–H groups in total. The van der Waals surface area contributed by atoms with Crippen LogP contribution in [0.5, 0.6) is 0 Å². The normalized spacial score (nSPS) is 11.4. The van der Waals surface area contributed by atoms with Gasteiger partial charge in [0.1, 0.15) is 0 Å². The Morgan fingerprint density at radius 2 is 2.31 bits per heavy atom. The Morgan fingerprint density at radius 1 is 1.69 bits per heavy atom. The second-order valence-corrected chi connectivity index (χ2v) is 3.09. The van der Waals surface area contributed by atoms with E-state index in [9.17, 15) is 13.6 Å². The Kier molecular flexibility index (Phi) is 2.60. The maximum atomic E-state index is 12.2. The molecule has 0 radical (unpaired) electrons. The number of hydrogen-bond donors (Lipinski definition) is 1. The number of amides is 1. The van der Waals surface area contributed by atoms with Crippen LogP contribution in [0.4, 0.5) is 14.8 Å². The lowest BCUT2D eigenvalue weighted by Gasteiger charge is -2.04. The van der Waals surface area contributed by atoms with E-state index in [0.29, 0.717) is 0 Å². The minimum absolute atomic E-state index is 0.244. The number of rotatable bonds is 2. The summed E-state index contributed by atoms with van der Waals surface area (Å²) < 4.78 is 28.8. The van der Waals surface area contributed by atoms with E-state index in [2.05, 4.69) is 14.7 Å². The van der Waals surface area contributed by atoms with Gasteiger partial charge in [0, 0.05) is 15.9 Å². The molecule has 1 amide bonds. The molecule has 0 aliphatic heterocycles. The second kappa shape index (κ2) is 3.36. The first-order valence-electron chi connectivity index (χ1n) is 3.08. The minimum Gasteiger partial charge on any atom is -0.315 e. The summed E-state index contributed by atoms with van der Waals surface area (Å²) >= 11 is 1.87. The van der Waals surface area contributed by atoms with Gasteiger partial charge < -0.3 is 4.52 Å². The lowest BCUT2D eigenvalue weighted by atomic mass is 10.6. The lowest BCUT2D eigenvalue weighted by molar-refractivity contribution is -0.128. The number of nitrogens with zero attached hydrogens (tertiary/aromatic N) is 2. The third kappa shape index (κ3) is 2.72. The molecule has 0 spiro atoms. The Bertz CT molecular complexity index is 322. The maximum Gasteiger partial charge on any atom is 0.378 e. The molecule has 0 aliphatic carbocycles. The van der Waals surface area contributed by atoms with E-state index >= 15 is 0 Å². The molecule has 1 rings (SSSR count). The summed E-state index contributed by atoms with van der Waals surface area (Å²) in [6.45, 7) is 1.49. The van der Waals surface area contributed by atoms with Gasteiger partial charge in [0.05, 0.1) is 0 Å². The molecule has 1 aromatic rings. The van der Waals surface area contributed by atoms with E-state index in [1.54, 1.807) is 5.32 Å². The van der Waals surface area contributed by atoms with E-state index in [-0.39, 0.29) is 11.8 Å². The van der Waals surface area contributed by atoms with E-state index < -0.39 is 10.7 Å². The van der Waals surface area contributed by atoms with Crippen LogP contribution < -0.4 is 5.32 Å². The molecule has 0 unspecified atom stereocenters. The molecule has 1 aromatic heterocycles. The summed E-state index contributed by atoms with van der Waals surface area (Å²) in [5.74, 6) is -1.32. The van der Waals surface area contributed by atoms with Crippen LogP contribution in [-0.2, 0) is 4.79 Å². The van der Waals surface area contributed by atoms with Crippen molar-refractivity contribution in [2.45, 2.75) is 11.8 Å². The predicted octanol–water partition coefficient (Wildman–Crippen LogP) is 1.30. The second-order valence-electron chi connectivity index (χ2n) is 2.10. The number of carbonyl (C=O) groups excluding carboxylic acids is 1. The summed E-state index contributed by atoms with van der Waals surface area (Å²) in [5, 5.41) is 5.02. The fourth-order valence-electron chi connectivity index (χ4n) is 0.516. The van der Waals surface area contributed by atoms with Crippen molar-refractivity contribution in [3.8, 4) is 0 Å². The van der Waals surface area contributed by atoms with Gasteiger partial charge in [0.15, 0.2) is 5.82 Å². The van der Waals surface area contributed by atoms with Crippen LogP contribution in [0.2, 0.25) is 0 Å². The first kappa shape index (κ1) is 10.0. The molecular formula is C5H4BrF2N3O2. The standard InChI is InChI=1S/C5H4BrF2N3O2/c1-2-9-4(13-11-2)10-3(12)5(6,7)8/h1H3,(H,9,10,11,12). The highest BCUT2D eigenvalue weighted by molar-refractivity contribution is 9.10. The lowest BCUT2D eigenvalue weighted by Crippen LogP contribution is -2.28. The Morgan fingerprint density at radius 3 is 2.69 bits per heavy atom. The maximum absolute atomic E-state index is 12.2. The molecule has 0 saturated carbocycles. The van der Waals surface area contributed by atoms with E-state index in [1.807, 2.05) is 15.9 Å². The molecule has 0 saturated heterocycles. The minimum atomic E-state index is -3.64. The highest BCUT2D eigenvalue weighted by atomic mass is 79.9. The Balaban J connectivity index is 2.65. The largest absolute Gasteiger partial charge is 0.378 e. The van der Waals surface area contributed by atoms with Crippen molar-refractivity contribution in [1.29, 1.82) is 0 Å². The van der Waals surface area contributed by atoms with Gasteiger partial charge in [-0.3, -0.25) is 10.1 Å². The van der Waals surface area contributed by atoms with Gasteiger partial charge in [-0.25, -0.2) is 0 Å². The van der Waals surface area contributed by atoms with Crippen LogP contribution in [0.3, 0.4) is 0 Å². The molecule has 13 heavy (non-hydrogen) atoms. The molecule has 1 heterocycles. The van der Waals surface area contributed by atoms with Crippen LogP contribution in [0.25, 0.3) is 0 Å². The Labute approximate surface area is 79.6 Å². The van der Waals surface area contributed by atoms with Gasteiger partial charge in [-0.2, -0.15) is 13.8 Å². The van der Waals surface area contributed by atoms with Crippen LogP contribution in [-0.4, -0.2) is 20.9 Å². The molecule has 5 nitrogen and oxygen atoms in total. The summed E-state index contributed by atoms with van der Waals surface area (Å²) in [4.78, 5) is 10.5. The number of alkyl halides is 3. The third-order valence-corrected chi connectivity index (χ3v) is 1.37. The molecule has 0 fully saturated rings. The van der Waals surface area contributed by atoms with Crippen LogP contribution >= 0.6 is 15.9 Å². The van der Waals surface area contributed by atoms with Crippen LogP contribution in [0.1, 0.15) is 5.82 Å². The van der Waals surface area contributed by atoms with Gasteiger partial charge in [-0.05, 0) is 6.92 Å². The highest BCUT2D eigenvalue weighted by Crippen LogP contribution is 2.23. The summed E-state index contributed by atoms with van der Waals surface area (Å²) in [6.07, 6.45) is 0. The molecule has 0 atom stereocenters. The predicted molar refractivity (Wildman–Crippen MR) is 41.5 cm³/mol. The molecule has 0 bridgehead atoms. The van der Waals surface area contributed by atoms with Gasteiger partial charge in [-0.15, -0.1) is 0 Å². The van der Waals surface area contributed by atoms with Crippen molar-refractivity contribution in [1.82, 2.24) is 10.1 Å². The zero-order valence-electron chi connectivity index (χ0n) is 6.34.